The maximum atomic E-state index is 8.67. The zero-order valence-electron chi connectivity index (χ0n) is 14.9. The van der Waals surface area contributed by atoms with E-state index in [0.29, 0.717) is 18.4 Å². The summed E-state index contributed by atoms with van der Waals surface area (Å²) in [6.07, 6.45) is 5.29. The maximum Gasteiger partial charge on any atom is 0.114 e. The summed E-state index contributed by atoms with van der Waals surface area (Å²) in [5.41, 5.74) is 2.38. The van der Waals surface area contributed by atoms with Gasteiger partial charge in [-0.15, -0.1) is 0 Å². The highest BCUT2D eigenvalue weighted by Crippen LogP contribution is 2.31. The Kier molecular flexibility index (Phi) is 5.52. The van der Waals surface area contributed by atoms with E-state index in [1.54, 1.807) is 0 Å². The Morgan fingerprint density at radius 3 is 2.92 bits per heavy atom. The lowest BCUT2D eigenvalue weighted by Crippen LogP contribution is -2.36. The Hall–Kier alpha value is -1.86. The minimum Gasteiger partial charge on any atom is -0.325 e. The number of fused-ring (bicyclic) bond motifs is 1. The molecule has 0 unspecified atom stereocenters. The van der Waals surface area contributed by atoms with E-state index in [-0.39, 0.29) is 0 Å². The van der Waals surface area contributed by atoms with E-state index >= 15 is 0 Å². The molecule has 2 aromatic rings. The lowest BCUT2D eigenvalue weighted by atomic mass is 9.96. The van der Waals surface area contributed by atoms with Crippen LogP contribution in [0.15, 0.2) is 24.3 Å². The van der Waals surface area contributed by atoms with Crippen LogP contribution in [0, 0.1) is 11.3 Å². The van der Waals surface area contributed by atoms with Crippen molar-refractivity contribution in [3.63, 3.8) is 0 Å². The number of imidazole rings is 1. The summed E-state index contributed by atoms with van der Waals surface area (Å²) in [7, 11) is 0. The first kappa shape index (κ1) is 17.0. The highest BCUT2D eigenvalue weighted by atomic mass is 15.2. The summed E-state index contributed by atoms with van der Waals surface area (Å²) in [5, 5.41) is 8.67. The number of benzene rings is 1. The average Bonchev–Trinajstić information content (AvgIpc) is 2.99. The van der Waals surface area contributed by atoms with Crippen molar-refractivity contribution >= 4 is 11.0 Å². The Morgan fingerprint density at radius 2 is 2.12 bits per heavy atom. The molecule has 1 aromatic heterocycles. The highest BCUT2D eigenvalue weighted by Gasteiger charge is 2.26. The van der Waals surface area contributed by atoms with E-state index in [4.69, 9.17) is 10.2 Å². The molecule has 4 heteroatoms. The fourth-order valence-corrected chi connectivity index (χ4v) is 3.90. The van der Waals surface area contributed by atoms with Crippen LogP contribution in [0.3, 0.4) is 0 Å². The van der Waals surface area contributed by atoms with Crippen molar-refractivity contribution < 1.29 is 0 Å². The minimum atomic E-state index is 0.429. The van der Waals surface area contributed by atoms with Gasteiger partial charge in [-0.05, 0) is 64.8 Å². The fourth-order valence-electron chi connectivity index (χ4n) is 3.90. The van der Waals surface area contributed by atoms with Crippen LogP contribution in [-0.2, 0) is 0 Å². The maximum absolute atomic E-state index is 8.67. The zero-order valence-corrected chi connectivity index (χ0v) is 14.9. The molecule has 0 N–H and O–H groups in total. The van der Waals surface area contributed by atoms with Crippen LogP contribution in [-0.4, -0.2) is 34.1 Å². The fraction of sp³-hybridized carbons (Fsp3) is 0.600. The van der Waals surface area contributed by atoms with Gasteiger partial charge >= 0.3 is 0 Å². The van der Waals surface area contributed by atoms with Gasteiger partial charge in [0.15, 0.2) is 0 Å². The molecular formula is C20H28N4. The number of rotatable bonds is 6. The van der Waals surface area contributed by atoms with Crippen molar-refractivity contribution in [2.75, 3.05) is 19.6 Å². The van der Waals surface area contributed by atoms with Crippen LogP contribution < -0.4 is 0 Å². The molecule has 1 aromatic carbocycles. The molecule has 128 valence electrons. The average molecular weight is 324 g/mol. The number of nitriles is 1. The summed E-state index contributed by atoms with van der Waals surface area (Å²) >= 11 is 0. The molecule has 0 spiro atoms. The predicted octanol–water partition coefficient (Wildman–Crippen LogP) is 4.49. The quantitative estimate of drug-likeness (QED) is 0.735. The van der Waals surface area contributed by atoms with Crippen molar-refractivity contribution in [3.05, 3.63) is 30.1 Å². The van der Waals surface area contributed by atoms with Gasteiger partial charge in [0, 0.05) is 24.9 Å². The van der Waals surface area contributed by atoms with Crippen LogP contribution in [0.4, 0.5) is 0 Å². The van der Waals surface area contributed by atoms with Gasteiger partial charge in [-0.1, -0.05) is 12.1 Å². The summed E-state index contributed by atoms with van der Waals surface area (Å²) in [4.78, 5) is 7.56. The second-order valence-corrected chi connectivity index (χ2v) is 7.18. The van der Waals surface area contributed by atoms with Crippen molar-refractivity contribution in [2.24, 2.45) is 0 Å². The van der Waals surface area contributed by atoms with Gasteiger partial charge in [0.2, 0.25) is 0 Å². The third-order valence-corrected chi connectivity index (χ3v) is 5.02. The molecule has 0 bridgehead atoms. The second kappa shape index (κ2) is 7.81. The van der Waals surface area contributed by atoms with E-state index in [1.807, 2.05) is 0 Å². The van der Waals surface area contributed by atoms with E-state index < -0.39 is 0 Å². The third kappa shape index (κ3) is 3.62. The molecule has 3 rings (SSSR count). The van der Waals surface area contributed by atoms with Gasteiger partial charge in [-0.2, -0.15) is 5.26 Å². The first-order valence-electron chi connectivity index (χ1n) is 9.27. The van der Waals surface area contributed by atoms with E-state index in [1.165, 1.54) is 30.7 Å². The molecule has 0 aliphatic carbocycles. The van der Waals surface area contributed by atoms with Crippen LogP contribution in [0.25, 0.3) is 11.0 Å². The smallest absolute Gasteiger partial charge is 0.114 e. The lowest BCUT2D eigenvalue weighted by molar-refractivity contribution is 0.199. The molecule has 0 saturated carbocycles. The van der Waals surface area contributed by atoms with Crippen LogP contribution >= 0.6 is 0 Å². The Balaban J connectivity index is 1.77. The third-order valence-electron chi connectivity index (χ3n) is 5.02. The predicted molar refractivity (Wildman–Crippen MR) is 98.0 cm³/mol. The first-order chi connectivity index (χ1) is 11.7. The van der Waals surface area contributed by atoms with Gasteiger partial charge in [0.1, 0.15) is 5.82 Å². The molecule has 24 heavy (non-hydrogen) atoms. The number of hydrogen-bond donors (Lipinski definition) is 0. The second-order valence-electron chi connectivity index (χ2n) is 7.18. The van der Waals surface area contributed by atoms with Crippen molar-refractivity contribution in [1.82, 2.24) is 14.5 Å². The highest BCUT2D eigenvalue weighted by molar-refractivity contribution is 5.76. The summed E-state index contributed by atoms with van der Waals surface area (Å²) in [6.45, 7) is 7.90. The molecule has 1 fully saturated rings. The number of unbranched alkanes of at least 4 members (excludes halogenated alkanes) is 2. The molecule has 2 heterocycles. The van der Waals surface area contributed by atoms with Crippen molar-refractivity contribution in [3.8, 4) is 6.07 Å². The van der Waals surface area contributed by atoms with E-state index in [9.17, 15) is 0 Å². The summed E-state index contributed by atoms with van der Waals surface area (Å²) < 4.78 is 2.43. The topological polar surface area (TPSA) is 44.9 Å². The molecule has 1 aliphatic rings. The monoisotopic (exact) mass is 324 g/mol. The Bertz CT molecular complexity index is 710. The number of likely N-dealkylation sites (tertiary alicyclic amines) is 1. The van der Waals surface area contributed by atoms with Crippen LogP contribution in [0.5, 0.6) is 0 Å². The normalized spacial score (nSPS) is 19.0. The van der Waals surface area contributed by atoms with Crippen LogP contribution in [0.2, 0.25) is 0 Å². The number of piperidine rings is 1. The van der Waals surface area contributed by atoms with Crippen molar-refractivity contribution in [1.29, 1.82) is 5.26 Å². The van der Waals surface area contributed by atoms with E-state index in [0.717, 1.165) is 31.4 Å². The number of para-hydroxylation sites is 2. The molecule has 1 aliphatic heterocycles. The molecule has 4 nitrogen and oxygen atoms in total. The van der Waals surface area contributed by atoms with Gasteiger partial charge in [0.25, 0.3) is 0 Å². The Labute approximate surface area is 145 Å². The van der Waals surface area contributed by atoms with Gasteiger partial charge in [-0.25, -0.2) is 4.98 Å². The van der Waals surface area contributed by atoms with Gasteiger partial charge in [-0.3, -0.25) is 0 Å². The summed E-state index contributed by atoms with van der Waals surface area (Å²) in [5.74, 6) is 1.78. The van der Waals surface area contributed by atoms with Crippen molar-refractivity contribution in [2.45, 2.75) is 57.9 Å². The molecule has 0 amide bonds. The first-order valence-corrected chi connectivity index (χ1v) is 9.27. The van der Waals surface area contributed by atoms with Crippen LogP contribution in [0.1, 0.15) is 63.7 Å². The lowest BCUT2D eigenvalue weighted by Gasteiger charge is -2.33. The SMILES string of the molecule is CC(C)n1c([C@@H]2CCCN(CCCCC#N)C2)nc2ccccc21. The van der Waals surface area contributed by atoms with Gasteiger partial charge in [0.05, 0.1) is 17.1 Å². The minimum absolute atomic E-state index is 0.429. The Morgan fingerprint density at radius 1 is 1.29 bits per heavy atom. The molecular weight excluding hydrogens is 296 g/mol. The number of nitrogens with zero attached hydrogens (tertiary/aromatic N) is 4. The molecule has 1 atom stereocenters. The number of hydrogen-bond acceptors (Lipinski definition) is 3. The molecule has 0 radical (unpaired) electrons. The van der Waals surface area contributed by atoms with E-state index in [2.05, 4.69) is 53.6 Å². The zero-order chi connectivity index (χ0) is 16.9. The largest absolute Gasteiger partial charge is 0.325 e. The molecule has 1 saturated heterocycles. The standard InChI is InChI=1S/C20H28N4/c1-16(2)24-19-11-5-4-10-18(19)22-20(24)17-9-8-14-23(15-17)13-7-3-6-12-21/h4-5,10-11,16-17H,3,6-9,13-15H2,1-2H3/t17-/m1/s1. The van der Waals surface area contributed by atoms with Gasteiger partial charge < -0.3 is 9.47 Å². The summed E-state index contributed by atoms with van der Waals surface area (Å²) in [6, 6.07) is 11.2. The number of aromatic nitrogens is 2.